The van der Waals surface area contributed by atoms with Crippen molar-refractivity contribution in [2.45, 2.75) is 38.5 Å². The minimum Gasteiger partial charge on any atom is -0.493 e. The lowest BCUT2D eigenvalue weighted by Crippen LogP contribution is -2.42. The number of allylic oxidation sites excluding steroid dienone is 7. The molecule has 0 unspecified atom stereocenters. The van der Waals surface area contributed by atoms with Gasteiger partial charge >= 0.3 is 0 Å². The van der Waals surface area contributed by atoms with Crippen LogP contribution in [0.4, 0.5) is 0 Å². The second-order valence-corrected chi connectivity index (χ2v) is 9.09. The summed E-state index contributed by atoms with van der Waals surface area (Å²) in [5, 5.41) is 6.68. The first kappa shape index (κ1) is 23.7. The molecule has 1 heterocycles. The Morgan fingerprint density at radius 2 is 1.72 bits per heavy atom. The van der Waals surface area contributed by atoms with Gasteiger partial charge in [0, 0.05) is 35.5 Å². The van der Waals surface area contributed by atoms with Gasteiger partial charge in [0.25, 0.3) is 0 Å². The topological polar surface area (TPSA) is 98.8 Å². The highest BCUT2D eigenvalue weighted by molar-refractivity contribution is 6.09. The second-order valence-electron chi connectivity index (χ2n) is 9.09. The molecular formula is C28H29N3O5. The Labute approximate surface area is 209 Å². The molecule has 2 amide bonds. The third-order valence-electron chi connectivity index (χ3n) is 6.71. The molecule has 0 spiro atoms. The van der Waals surface area contributed by atoms with Crippen LogP contribution in [0.15, 0.2) is 71.9 Å². The first-order chi connectivity index (χ1) is 17.5. The Bertz CT molecular complexity index is 1330. The molecule has 0 radical (unpaired) electrons. The van der Waals surface area contributed by atoms with E-state index in [1.54, 1.807) is 20.4 Å². The maximum absolute atomic E-state index is 13.0. The van der Waals surface area contributed by atoms with Gasteiger partial charge in [-0.2, -0.15) is 0 Å². The van der Waals surface area contributed by atoms with Crippen molar-refractivity contribution in [3.05, 3.63) is 71.9 Å². The molecule has 2 aromatic rings. The minimum atomic E-state index is -0.983. The molecule has 1 fully saturated rings. The summed E-state index contributed by atoms with van der Waals surface area (Å²) < 4.78 is 17.0. The average Bonchev–Trinajstić information content (AvgIpc) is 3.72. The molecule has 5 rings (SSSR count). The molecule has 3 aliphatic carbocycles. The molecule has 3 aliphatic rings. The smallest absolute Gasteiger partial charge is 0.240 e. The van der Waals surface area contributed by atoms with Crippen molar-refractivity contribution in [3.8, 4) is 17.2 Å². The molecule has 1 aromatic heterocycles. The molecule has 0 bridgehead atoms. The van der Waals surface area contributed by atoms with Crippen LogP contribution in [-0.2, 0) is 9.59 Å². The summed E-state index contributed by atoms with van der Waals surface area (Å²) in [6.07, 6.45) is 15.5. The Kier molecular flexibility index (Phi) is 6.50. The number of amides is 2. The van der Waals surface area contributed by atoms with Crippen LogP contribution in [-0.4, -0.2) is 31.0 Å². The van der Waals surface area contributed by atoms with E-state index in [0.717, 1.165) is 40.9 Å². The molecule has 1 aromatic carbocycles. The van der Waals surface area contributed by atoms with Gasteiger partial charge in [0.15, 0.2) is 11.5 Å². The highest BCUT2D eigenvalue weighted by Crippen LogP contribution is 2.46. The van der Waals surface area contributed by atoms with Gasteiger partial charge in [0.05, 0.1) is 19.7 Å². The summed E-state index contributed by atoms with van der Waals surface area (Å²) in [5.74, 6) is 2.15. The van der Waals surface area contributed by atoms with Crippen LogP contribution in [0.2, 0.25) is 0 Å². The summed E-state index contributed by atoms with van der Waals surface area (Å²) in [6, 6.07) is 5.47. The Morgan fingerprint density at radius 3 is 2.39 bits per heavy atom. The fourth-order valence-corrected chi connectivity index (χ4v) is 4.39. The van der Waals surface area contributed by atoms with Gasteiger partial charge in [-0.3, -0.25) is 14.6 Å². The molecule has 0 aliphatic heterocycles. The van der Waals surface area contributed by atoms with E-state index in [1.165, 1.54) is 0 Å². The quantitative estimate of drug-likeness (QED) is 0.534. The monoisotopic (exact) mass is 487 g/mol. The van der Waals surface area contributed by atoms with E-state index in [9.17, 15) is 9.59 Å². The van der Waals surface area contributed by atoms with Crippen LogP contribution in [0.3, 0.4) is 0 Å². The van der Waals surface area contributed by atoms with E-state index >= 15 is 0 Å². The van der Waals surface area contributed by atoms with Crippen LogP contribution < -0.4 is 24.8 Å². The number of hydrogen-bond acceptors (Lipinski definition) is 6. The van der Waals surface area contributed by atoms with Gasteiger partial charge in [-0.1, -0.05) is 12.2 Å². The van der Waals surface area contributed by atoms with Crippen molar-refractivity contribution in [2.75, 3.05) is 14.2 Å². The summed E-state index contributed by atoms with van der Waals surface area (Å²) in [5.41, 5.74) is 1.29. The molecule has 8 heteroatoms. The van der Waals surface area contributed by atoms with Gasteiger partial charge in [-0.05, 0) is 62.5 Å². The minimum absolute atomic E-state index is 0.231. The molecule has 186 valence electrons. The van der Waals surface area contributed by atoms with Crippen molar-refractivity contribution in [3.63, 3.8) is 0 Å². The zero-order valence-corrected chi connectivity index (χ0v) is 20.4. The van der Waals surface area contributed by atoms with Gasteiger partial charge < -0.3 is 24.8 Å². The van der Waals surface area contributed by atoms with E-state index in [4.69, 9.17) is 14.2 Å². The van der Waals surface area contributed by atoms with Crippen molar-refractivity contribution in [1.29, 1.82) is 0 Å². The zero-order valence-electron chi connectivity index (χ0n) is 20.4. The third-order valence-corrected chi connectivity index (χ3v) is 6.71. The Morgan fingerprint density at radius 1 is 0.944 bits per heavy atom. The van der Waals surface area contributed by atoms with E-state index in [1.807, 2.05) is 48.6 Å². The number of ether oxygens (including phenoxy) is 3. The Hall–Kier alpha value is -4.07. The van der Waals surface area contributed by atoms with Crippen molar-refractivity contribution in [1.82, 2.24) is 15.6 Å². The van der Waals surface area contributed by atoms with Crippen LogP contribution in [0, 0.1) is 5.41 Å². The van der Waals surface area contributed by atoms with Crippen LogP contribution in [0.25, 0.3) is 10.9 Å². The Balaban J connectivity index is 1.26. The molecular weight excluding hydrogens is 458 g/mol. The number of carbonyl (C=O) groups is 2. The first-order valence-electron chi connectivity index (χ1n) is 12.1. The standard InChI is InChI=1S/C28H29N3O5/c1-34-24-16-21-22(17-25(24)35-2)29-15-12-23(21)36-20-10-8-19(9-11-20)31-27(33)28(13-14-28)26(32)30-18-6-4-3-5-7-18/h4,6-8,10,12,15-17H,3,5,9,11,13-14H2,1-2H3,(H,30,32)(H,31,33). The second kappa shape index (κ2) is 9.89. The van der Waals surface area contributed by atoms with Gasteiger partial charge in [0.1, 0.15) is 16.9 Å². The predicted molar refractivity (Wildman–Crippen MR) is 135 cm³/mol. The number of nitrogens with zero attached hydrogens (tertiary/aromatic N) is 1. The summed E-state index contributed by atoms with van der Waals surface area (Å²) in [4.78, 5) is 30.2. The number of rotatable bonds is 8. The third kappa shape index (κ3) is 4.71. The van der Waals surface area contributed by atoms with Gasteiger partial charge in [0.2, 0.25) is 11.8 Å². The van der Waals surface area contributed by atoms with E-state index in [-0.39, 0.29) is 11.8 Å². The van der Waals surface area contributed by atoms with Gasteiger partial charge in [-0.15, -0.1) is 0 Å². The summed E-state index contributed by atoms with van der Waals surface area (Å²) >= 11 is 0. The maximum Gasteiger partial charge on any atom is 0.240 e. The van der Waals surface area contributed by atoms with Crippen molar-refractivity contribution in [2.24, 2.45) is 5.41 Å². The molecule has 2 N–H and O–H groups in total. The fraction of sp³-hybridized carbons (Fsp3) is 0.321. The number of pyridine rings is 1. The first-order valence-corrected chi connectivity index (χ1v) is 12.1. The molecule has 0 saturated heterocycles. The highest BCUT2D eigenvalue weighted by atomic mass is 16.5. The van der Waals surface area contributed by atoms with E-state index in [0.29, 0.717) is 42.9 Å². The van der Waals surface area contributed by atoms with E-state index < -0.39 is 5.41 Å². The van der Waals surface area contributed by atoms with E-state index in [2.05, 4.69) is 15.6 Å². The fourth-order valence-electron chi connectivity index (χ4n) is 4.39. The largest absolute Gasteiger partial charge is 0.493 e. The lowest BCUT2D eigenvalue weighted by molar-refractivity contribution is -0.136. The molecule has 8 nitrogen and oxygen atoms in total. The SMILES string of the molecule is COc1cc2nccc(OC3=CC=C(NC(=O)C4(C(=O)NC5=CCCC=C5)CC4)CC3)c2cc1OC. The van der Waals surface area contributed by atoms with Crippen LogP contribution in [0.1, 0.15) is 38.5 Å². The average molecular weight is 488 g/mol. The highest BCUT2D eigenvalue weighted by Gasteiger charge is 2.56. The number of fused-ring (bicyclic) bond motifs is 1. The molecule has 36 heavy (non-hydrogen) atoms. The lowest BCUT2D eigenvalue weighted by atomic mass is 10.0. The van der Waals surface area contributed by atoms with Crippen molar-refractivity contribution >= 4 is 22.7 Å². The predicted octanol–water partition coefficient (Wildman–Crippen LogP) is 4.44. The number of methoxy groups -OCH3 is 2. The lowest BCUT2D eigenvalue weighted by Gasteiger charge is -2.20. The van der Waals surface area contributed by atoms with Gasteiger partial charge in [-0.25, -0.2) is 0 Å². The molecule has 1 saturated carbocycles. The number of aromatic nitrogens is 1. The summed E-state index contributed by atoms with van der Waals surface area (Å²) in [7, 11) is 3.17. The summed E-state index contributed by atoms with van der Waals surface area (Å²) in [6.45, 7) is 0. The normalized spacial score (nSPS) is 17.9. The van der Waals surface area contributed by atoms with Crippen LogP contribution >= 0.6 is 0 Å². The maximum atomic E-state index is 13.0. The number of nitrogens with one attached hydrogen (secondary N) is 2. The number of hydrogen-bond donors (Lipinski definition) is 2. The van der Waals surface area contributed by atoms with Crippen LogP contribution in [0.5, 0.6) is 17.2 Å². The number of carbonyl (C=O) groups excluding carboxylic acids is 2. The number of benzene rings is 1. The molecule has 0 atom stereocenters. The van der Waals surface area contributed by atoms with Crippen molar-refractivity contribution < 1.29 is 23.8 Å². The zero-order chi connectivity index (χ0) is 25.1.